The fraction of sp³-hybridized carbons (Fsp3) is 0.387. The fourth-order valence-electron chi connectivity index (χ4n) is 5.69. The first-order valence-corrected chi connectivity index (χ1v) is 13.9. The monoisotopic (exact) mass is 558 g/mol. The Morgan fingerprint density at radius 1 is 1.17 bits per heavy atom. The van der Waals surface area contributed by atoms with Crippen LogP contribution in [0.4, 0.5) is 14.6 Å². The van der Waals surface area contributed by atoms with Crippen molar-refractivity contribution in [1.29, 1.82) is 0 Å². The Morgan fingerprint density at radius 3 is 2.76 bits per heavy atom. The van der Waals surface area contributed by atoms with Gasteiger partial charge in [-0.2, -0.15) is 9.97 Å². The largest absolute Gasteiger partial charge is 0.508 e. The van der Waals surface area contributed by atoms with E-state index in [1.807, 2.05) is 19.1 Å². The molecule has 0 atom stereocenters. The highest BCUT2D eigenvalue weighted by atomic mass is 19.1. The van der Waals surface area contributed by atoms with Crippen LogP contribution < -0.4 is 15.2 Å². The minimum absolute atomic E-state index is 0.0219. The minimum atomic E-state index is -0.737. The zero-order valence-electron chi connectivity index (χ0n) is 23.2. The number of ether oxygens (including phenoxy) is 1. The van der Waals surface area contributed by atoms with Crippen molar-refractivity contribution in [2.24, 2.45) is 5.41 Å². The molecule has 0 spiro atoms. The third-order valence-corrected chi connectivity index (χ3v) is 7.83. The Hall–Kier alpha value is -4.07. The van der Waals surface area contributed by atoms with Crippen molar-refractivity contribution in [2.75, 3.05) is 45.3 Å². The Kier molecular flexibility index (Phi) is 7.09. The van der Waals surface area contributed by atoms with Crippen LogP contribution in [0.15, 0.2) is 30.5 Å². The molecule has 2 N–H and O–H groups in total. The van der Waals surface area contributed by atoms with Crippen LogP contribution in [-0.2, 0) is 0 Å². The number of nitrogens with one attached hydrogen (secondary N) is 1. The third kappa shape index (κ3) is 5.23. The summed E-state index contributed by atoms with van der Waals surface area (Å²) in [5, 5.41) is 13.5. The molecule has 3 heterocycles. The van der Waals surface area contributed by atoms with Gasteiger partial charge in [-0.3, -0.25) is 9.99 Å². The lowest BCUT2D eigenvalue weighted by molar-refractivity contribution is 0.183. The molecule has 212 valence electrons. The molecular weight excluding hydrogens is 526 g/mol. The van der Waals surface area contributed by atoms with Crippen molar-refractivity contribution < 1.29 is 18.6 Å². The lowest BCUT2D eigenvalue weighted by Gasteiger charge is -2.24. The molecule has 41 heavy (non-hydrogen) atoms. The van der Waals surface area contributed by atoms with Gasteiger partial charge in [0.15, 0.2) is 11.6 Å². The number of terminal acetylenes is 1. The van der Waals surface area contributed by atoms with Crippen LogP contribution in [0.3, 0.4) is 0 Å². The zero-order valence-corrected chi connectivity index (χ0v) is 23.2. The van der Waals surface area contributed by atoms with E-state index in [1.54, 1.807) is 0 Å². The molecule has 1 aliphatic carbocycles. The molecule has 4 aromatic rings. The average Bonchev–Trinajstić information content (AvgIpc) is 3.75. The van der Waals surface area contributed by atoms with Gasteiger partial charge in [0, 0.05) is 42.2 Å². The topological polar surface area (TPSA) is 86.6 Å². The first kappa shape index (κ1) is 27.1. The van der Waals surface area contributed by atoms with E-state index in [9.17, 15) is 9.50 Å². The van der Waals surface area contributed by atoms with Gasteiger partial charge in [0.05, 0.1) is 17.6 Å². The van der Waals surface area contributed by atoms with Crippen LogP contribution >= 0.6 is 0 Å². The summed E-state index contributed by atoms with van der Waals surface area (Å²) in [6.45, 7) is 2.74. The second-order valence-electron chi connectivity index (χ2n) is 11.3. The number of fused-ring (bicyclic) bond motifs is 2. The fourth-order valence-corrected chi connectivity index (χ4v) is 5.69. The number of benzene rings is 2. The summed E-state index contributed by atoms with van der Waals surface area (Å²) in [4.78, 5) is 15.8. The molecular formula is C31H32F2N6O2. The Labute approximate surface area is 237 Å². The van der Waals surface area contributed by atoms with Crippen LogP contribution in [0, 0.1) is 29.4 Å². The van der Waals surface area contributed by atoms with Crippen molar-refractivity contribution >= 4 is 27.5 Å². The van der Waals surface area contributed by atoms with Crippen molar-refractivity contribution in [3.8, 4) is 35.4 Å². The smallest absolute Gasteiger partial charge is 0.319 e. The molecule has 0 unspecified atom stereocenters. The maximum atomic E-state index is 16.5. The molecule has 2 aromatic carbocycles. The van der Waals surface area contributed by atoms with E-state index in [-0.39, 0.29) is 44.9 Å². The molecule has 0 amide bonds. The first-order chi connectivity index (χ1) is 19.8. The second-order valence-corrected chi connectivity index (χ2v) is 11.3. The number of rotatable bonds is 7. The number of hydrogen-bond donors (Lipinski definition) is 2. The second kappa shape index (κ2) is 10.7. The van der Waals surface area contributed by atoms with Crippen LogP contribution in [-0.4, -0.2) is 65.3 Å². The summed E-state index contributed by atoms with van der Waals surface area (Å²) in [6.07, 6.45) is 12.3. The summed E-state index contributed by atoms with van der Waals surface area (Å²) in [5.74, 6) is 1.38. The van der Waals surface area contributed by atoms with Crippen LogP contribution in [0.5, 0.6) is 11.8 Å². The van der Waals surface area contributed by atoms with Crippen LogP contribution in [0.1, 0.15) is 37.7 Å². The van der Waals surface area contributed by atoms with Crippen molar-refractivity contribution in [3.05, 3.63) is 47.7 Å². The molecule has 2 aromatic heterocycles. The highest BCUT2D eigenvalue weighted by Crippen LogP contribution is 2.46. The van der Waals surface area contributed by atoms with Gasteiger partial charge in [-0.1, -0.05) is 18.4 Å². The summed E-state index contributed by atoms with van der Waals surface area (Å²) >= 11 is 0. The van der Waals surface area contributed by atoms with E-state index >= 15 is 4.39 Å². The molecule has 2 fully saturated rings. The number of pyridine rings is 1. The summed E-state index contributed by atoms with van der Waals surface area (Å²) in [5.41, 5.74) is 3.47. The molecule has 1 aliphatic heterocycles. The number of aromatic hydroxyl groups is 1. The third-order valence-electron chi connectivity index (χ3n) is 7.83. The molecule has 10 heteroatoms. The van der Waals surface area contributed by atoms with Crippen molar-refractivity contribution in [1.82, 2.24) is 25.3 Å². The first-order valence-electron chi connectivity index (χ1n) is 13.9. The van der Waals surface area contributed by atoms with Gasteiger partial charge < -0.3 is 14.7 Å². The number of halogens is 2. The number of hydrogen-bond acceptors (Lipinski definition) is 8. The van der Waals surface area contributed by atoms with Crippen LogP contribution in [0.25, 0.3) is 32.9 Å². The molecule has 2 aliphatic rings. The predicted molar refractivity (Wildman–Crippen MR) is 155 cm³/mol. The van der Waals surface area contributed by atoms with Gasteiger partial charge in [-0.15, -0.1) is 6.42 Å². The van der Waals surface area contributed by atoms with Crippen molar-refractivity contribution in [2.45, 2.75) is 32.1 Å². The van der Waals surface area contributed by atoms with E-state index in [4.69, 9.17) is 16.1 Å². The zero-order chi connectivity index (χ0) is 28.7. The number of anilines is 1. The van der Waals surface area contributed by atoms with Gasteiger partial charge >= 0.3 is 6.01 Å². The molecule has 8 nitrogen and oxygen atoms in total. The lowest BCUT2D eigenvalue weighted by atomic mass is 9.96. The predicted octanol–water partition coefficient (Wildman–Crippen LogP) is 5.03. The number of aromatic nitrogens is 3. The quantitative estimate of drug-likeness (QED) is 0.306. The standard InChI is InChI=1S/C31H32F2N6O2/c1-4-21-24(32)9-8-19-14-20(40)15-22(25(19)21)27-26(33)28-23(16-34-27)29(39-13-7-5-6-12-35-39)37-30(36-28)41-18-31(10-11-31)17-38(2)3/h1,8-9,14-16,35,40H,5-7,10-13,17-18H2,2-3H3. The van der Waals surface area contributed by atoms with E-state index < -0.39 is 11.6 Å². The average molecular weight is 559 g/mol. The van der Waals surface area contributed by atoms with E-state index in [1.165, 1.54) is 30.5 Å². The van der Waals surface area contributed by atoms with E-state index in [0.29, 0.717) is 29.7 Å². The minimum Gasteiger partial charge on any atom is -0.508 e. The van der Waals surface area contributed by atoms with Gasteiger partial charge in [0.25, 0.3) is 0 Å². The van der Waals surface area contributed by atoms with Gasteiger partial charge in [0.1, 0.15) is 22.8 Å². The van der Waals surface area contributed by atoms with Gasteiger partial charge in [-0.05, 0) is 63.4 Å². The lowest BCUT2D eigenvalue weighted by Crippen LogP contribution is -2.38. The van der Waals surface area contributed by atoms with Gasteiger partial charge in [0.2, 0.25) is 0 Å². The Morgan fingerprint density at radius 2 is 2.00 bits per heavy atom. The Bertz CT molecular complexity index is 1670. The van der Waals surface area contributed by atoms with E-state index in [0.717, 1.165) is 45.2 Å². The van der Waals surface area contributed by atoms with Crippen molar-refractivity contribution in [3.63, 3.8) is 0 Å². The molecule has 1 saturated heterocycles. The number of hydrazine groups is 1. The number of phenols is 1. The number of phenolic OH excluding ortho intramolecular Hbond substituents is 1. The normalized spacial score (nSPS) is 16.6. The maximum Gasteiger partial charge on any atom is 0.319 e. The number of nitrogens with zero attached hydrogens (tertiary/aromatic N) is 5. The van der Waals surface area contributed by atoms with E-state index in [2.05, 4.69) is 26.2 Å². The summed E-state index contributed by atoms with van der Waals surface area (Å²) < 4.78 is 37.4. The molecule has 1 saturated carbocycles. The van der Waals surface area contributed by atoms with Crippen LogP contribution in [0.2, 0.25) is 0 Å². The summed E-state index contributed by atoms with van der Waals surface area (Å²) in [6, 6.07) is 5.60. The molecule has 6 rings (SSSR count). The summed E-state index contributed by atoms with van der Waals surface area (Å²) in [7, 11) is 4.06. The maximum absolute atomic E-state index is 16.5. The highest BCUT2D eigenvalue weighted by Gasteiger charge is 2.44. The Balaban J connectivity index is 1.51. The van der Waals surface area contributed by atoms with Gasteiger partial charge in [-0.25, -0.2) is 14.2 Å². The molecule has 0 radical (unpaired) electrons. The molecule has 0 bridgehead atoms. The highest BCUT2D eigenvalue weighted by molar-refractivity contribution is 6.03. The SMILES string of the molecule is C#Cc1c(F)ccc2cc(O)cc(-c3ncc4c(N5CCCCCN5)nc(OCC5(CN(C)C)CC5)nc4c3F)c12.